The number of ketones is 1. The second kappa shape index (κ2) is 14.2. The number of rotatable bonds is 6. The fourth-order valence-electron chi connectivity index (χ4n) is 15.8. The van der Waals surface area contributed by atoms with Crippen molar-refractivity contribution in [3.8, 4) is 23.0 Å². The van der Waals surface area contributed by atoms with Crippen molar-refractivity contribution in [2.24, 2.45) is 28.6 Å². The average molecular weight is 869 g/mol. The minimum absolute atomic E-state index is 0.0294. The summed E-state index contributed by atoms with van der Waals surface area (Å²) in [5.74, 6) is 3.19. The second-order valence-electron chi connectivity index (χ2n) is 22.5. The van der Waals surface area contributed by atoms with Gasteiger partial charge in [-0.1, -0.05) is 32.9 Å². The summed E-state index contributed by atoms with van der Waals surface area (Å²) >= 11 is 0. The van der Waals surface area contributed by atoms with Crippen molar-refractivity contribution in [1.29, 1.82) is 0 Å². The van der Waals surface area contributed by atoms with Crippen molar-refractivity contribution in [3.05, 3.63) is 46.5 Å². The molecule has 0 unspecified atom stereocenters. The van der Waals surface area contributed by atoms with Crippen LogP contribution in [0.2, 0.25) is 0 Å². The molecule has 12 aliphatic rings. The number of likely N-dealkylation sites (tertiary alicyclic amines) is 2. The van der Waals surface area contributed by atoms with Gasteiger partial charge in [0.05, 0.1) is 16.6 Å². The van der Waals surface area contributed by atoms with E-state index < -0.39 is 28.3 Å². The highest BCUT2D eigenvalue weighted by Gasteiger charge is 2.82. The zero-order valence-electron chi connectivity index (χ0n) is 37.9. The number of benzene rings is 2. The predicted molar refractivity (Wildman–Crippen MR) is 234 cm³/mol. The first kappa shape index (κ1) is 43.3. The third-order valence-electron chi connectivity index (χ3n) is 19.4. The highest BCUT2D eigenvalue weighted by Crippen LogP contribution is 2.78. The Morgan fingerprint density at radius 3 is 1.87 bits per heavy atom. The Balaban J connectivity index is 0.000000144. The van der Waals surface area contributed by atoms with Crippen molar-refractivity contribution in [1.82, 2.24) is 9.80 Å². The predicted octanol–water partition coefficient (Wildman–Crippen LogP) is 5.57. The number of carbonyl (C=O) groups is 3. The molecule has 8 aliphatic carbocycles. The van der Waals surface area contributed by atoms with Crippen LogP contribution in [-0.4, -0.2) is 124 Å². The molecule has 4 heterocycles. The van der Waals surface area contributed by atoms with Gasteiger partial charge in [-0.15, -0.1) is 0 Å². The number of phenols is 2. The number of ether oxygens (including phenoxy) is 3. The first-order valence-corrected chi connectivity index (χ1v) is 23.7. The van der Waals surface area contributed by atoms with Crippen LogP contribution in [0.1, 0.15) is 121 Å². The van der Waals surface area contributed by atoms with Gasteiger partial charge >= 0.3 is 0 Å². The molecule has 2 saturated heterocycles. The normalized spacial score (nSPS) is 40.2. The van der Waals surface area contributed by atoms with Crippen LogP contribution in [0.5, 0.6) is 23.0 Å². The van der Waals surface area contributed by atoms with Crippen LogP contribution >= 0.6 is 0 Å². The van der Waals surface area contributed by atoms with E-state index in [2.05, 4.69) is 36.6 Å². The Morgan fingerprint density at radius 2 is 1.30 bits per heavy atom. The van der Waals surface area contributed by atoms with Crippen LogP contribution in [-0.2, 0) is 42.8 Å². The first-order valence-electron chi connectivity index (χ1n) is 23.7. The van der Waals surface area contributed by atoms with Gasteiger partial charge in [0.15, 0.2) is 34.9 Å². The van der Waals surface area contributed by atoms with Gasteiger partial charge < -0.3 is 44.2 Å². The minimum atomic E-state index is -0.940. The SMILES string of the molecule is C=O.C=O.CO[C@@]12CC[C@@]3(C[C@@H]1[C@](C)(O)C(C)(C)C)[C@H]1Cc4ccc(O)c5c4[C@@]3(CCN1CC1CC1)[C@H]2O5.O=C1CC[C@@]2(O)[C@H]3Cc4ccc(O)c5c4[C@@]2(CCN3CC2CC2)[C@H]1O5. The van der Waals surface area contributed by atoms with Gasteiger partial charge in [-0.2, -0.15) is 0 Å². The smallest absolute Gasteiger partial charge is 0.174 e. The lowest BCUT2D eigenvalue weighted by atomic mass is 9.33. The Morgan fingerprint density at radius 1 is 0.762 bits per heavy atom. The van der Waals surface area contributed by atoms with Gasteiger partial charge in [0.1, 0.15) is 25.3 Å². The van der Waals surface area contributed by atoms with Crippen LogP contribution in [0, 0.1) is 28.6 Å². The van der Waals surface area contributed by atoms with E-state index in [1.807, 2.05) is 39.7 Å². The molecule has 63 heavy (non-hydrogen) atoms. The average Bonchev–Trinajstić information content (AvgIpc) is 4.20. The molecule has 14 rings (SSSR count). The number of piperidine rings is 2. The maximum absolute atomic E-state index is 12.7. The summed E-state index contributed by atoms with van der Waals surface area (Å²) in [6.07, 6.45) is 12.0. The van der Waals surface area contributed by atoms with E-state index in [1.165, 1.54) is 43.4 Å². The van der Waals surface area contributed by atoms with Crippen LogP contribution in [0.15, 0.2) is 24.3 Å². The molecule has 0 amide bonds. The van der Waals surface area contributed by atoms with E-state index in [-0.39, 0.29) is 51.6 Å². The highest BCUT2D eigenvalue weighted by atomic mass is 16.6. The summed E-state index contributed by atoms with van der Waals surface area (Å²) in [5.41, 5.74) is 1.24. The summed E-state index contributed by atoms with van der Waals surface area (Å²) in [6, 6.07) is 8.15. The third kappa shape index (κ3) is 5.36. The number of methoxy groups -OCH3 is 1. The number of aliphatic hydroxyl groups is 2. The number of fused-ring (bicyclic) bond motifs is 2. The molecule has 3 spiro atoms. The lowest BCUT2D eigenvalue weighted by molar-refractivity contribution is -0.312. The standard InChI is InChI=1S/C29H41NO4.C20H23NO4.2CH2O/c1-25(2,3)26(4,32)20-15-27-10-11-29(20,33-5)24-28(27)12-13-30(16-17-6-7-17)21(27)14-18-8-9-19(31)23(34-24)22(18)28;22-13-4-3-12-9-15-20(24)6-5-14(23)18-19(20,16(12)17(13)25-18)7-8-21(15)10-11-1-2-11;2*1-2/h8-9,17,20-21,24,31-32H,6-7,10-16H2,1-5H3;3-4,11,15,18,22,24H,1-2,5-10H2;2*1H2/t20-,21-,24-,26+,27-,28+,29+;15-,18+,19+,20-;;/m11../s1. The molecule has 11 atom stereocenters. The van der Waals surface area contributed by atoms with E-state index in [0.717, 1.165) is 87.5 Å². The van der Waals surface area contributed by atoms with Gasteiger partial charge in [-0.05, 0) is 138 Å². The van der Waals surface area contributed by atoms with Gasteiger partial charge in [-0.3, -0.25) is 14.6 Å². The third-order valence-corrected chi connectivity index (χ3v) is 19.4. The van der Waals surface area contributed by atoms with E-state index in [4.69, 9.17) is 23.8 Å². The Hall–Kier alpha value is -3.55. The fraction of sp³-hybridized carbons (Fsp3) is 0.706. The van der Waals surface area contributed by atoms with Crippen molar-refractivity contribution < 1.29 is 49.0 Å². The van der Waals surface area contributed by atoms with Gasteiger partial charge in [0.2, 0.25) is 0 Å². The molecule has 0 radical (unpaired) electrons. The Labute approximate surface area is 371 Å². The molecule has 6 saturated carbocycles. The quantitative estimate of drug-likeness (QED) is 0.286. The van der Waals surface area contributed by atoms with E-state index in [1.54, 1.807) is 6.07 Å². The van der Waals surface area contributed by atoms with E-state index in [0.29, 0.717) is 30.4 Å². The van der Waals surface area contributed by atoms with Crippen molar-refractivity contribution in [2.75, 3.05) is 33.3 Å². The lowest BCUT2D eigenvalue weighted by Gasteiger charge is -2.75. The van der Waals surface area contributed by atoms with Gasteiger partial charge in [0.25, 0.3) is 0 Å². The van der Waals surface area contributed by atoms with Crippen LogP contribution in [0.4, 0.5) is 0 Å². The molecule has 12 heteroatoms. The fourth-order valence-corrected chi connectivity index (χ4v) is 15.8. The number of hydrogen-bond donors (Lipinski definition) is 4. The van der Waals surface area contributed by atoms with Crippen LogP contribution < -0.4 is 9.47 Å². The largest absolute Gasteiger partial charge is 0.504 e. The van der Waals surface area contributed by atoms with Crippen molar-refractivity contribution in [2.45, 2.75) is 163 Å². The number of Topliss-reactive ketones (excluding diaryl/α,β-unsaturated/α-hetero) is 1. The lowest BCUT2D eigenvalue weighted by Crippen LogP contribution is -2.83. The zero-order valence-corrected chi connectivity index (χ0v) is 37.9. The first-order chi connectivity index (χ1) is 30.1. The number of nitrogens with zero attached hydrogens (tertiary/aromatic N) is 2. The zero-order chi connectivity index (χ0) is 44.9. The Kier molecular flexibility index (Phi) is 9.79. The molecule has 8 fully saturated rings. The number of carbonyl (C=O) groups excluding carboxylic acids is 3. The van der Waals surface area contributed by atoms with E-state index in [9.17, 15) is 25.2 Å². The molecule has 12 nitrogen and oxygen atoms in total. The molecular weight excluding hydrogens is 801 g/mol. The molecule has 2 aromatic rings. The summed E-state index contributed by atoms with van der Waals surface area (Å²) in [7, 11) is 1.83. The Bertz CT molecular complexity index is 2200. The maximum atomic E-state index is 12.7. The van der Waals surface area contributed by atoms with E-state index >= 15 is 0 Å². The molecule has 4 N–H and O–H groups in total. The molecule has 2 aromatic carbocycles. The maximum Gasteiger partial charge on any atom is 0.174 e. The number of aromatic hydroxyl groups is 2. The molecule has 4 aliphatic heterocycles. The summed E-state index contributed by atoms with van der Waals surface area (Å²) < 4.78 is 19.5. The van der Waals surface area contributed by atoms with Gasteiger partial charge in [0, 0.05) is 66.6 Å². The summed E-state index contributed by atoms with van der Waals surface area (Å²) in [6.45, 7) is 16.8. The topological polar surface area (TPSA) is 166 Å². The molecular formula is C51H68N2O10. The summed E-state index contributed by atoms with van der Waals surface area (Å²) in [5, 5.41) is 45.5. The van der Waals surface area contributed by atoms with Crippen LogP contribution in [0.25, 0.3) is 0 Å². The number of hydrogen-bond acceptors (Lipinski definition) is 12. The molecule has 342 valence electrons. The van der Waals surface area contributed by atoms with Crippen molar-refractivity contribution in [3.63, 3.8) is 0 Å². The van der Waals surface area contributed by atoms with Crippen molar-refractivity contribution >= 4 is 19.4 Å². The molecule has 6 bridgehead atoms. The monoisotopic (exact) mass is 868 g/mol. The number of phenolic OH excluding ortho intramolecular Hbond substituents is 2. The summed E-state index contributed by atoms with van der Waals surface area (Å²) in [4.78, 5) is 34.0. The second-order valence-corrected chi connectivity index (χ2v) is 22.5. The van der Waals surface area contributed by atoms with Gasteiger partial charge in [-0.25, -0.2) is 0 Å². The van der Waals surface area contributed by atoms with Crippen LogP contribution in [0.3, 0.4) is 0 Å². The highest BCUT2D eigenvalue weighted by molar-refractivity contribution is 5.90. The minimum Gasteiger partial charge on any atom is -0.504 e. The molecule has 0 aromatic heterocycles.